The summed E-state index contributed by atoms with van der Waals surface area (Å²) in [5, 5.41) is 0. The topological polar surface area (TPSA) is 118 Å². The van der Waals surface area contributed by atoms with Crippen LogP contribution in [0.3, 0.4) is 0 Å². The molecule has 0 amide bonds. The summed E-state index contributed by atoms with van der Waals surface area (Å²) in [7, 11) is 0. The Morgan fingerprint density at radius 3 is 1.21 bits per heavy atom. The first-order valence-corrected chi connectivity index (χ1v) is 11.4. The molecule has 8 nitrogen and oxygen atoms in total. The fraction of sp³-hybridized carbons (Fsp3) is 0.840. The van der Waals surface area contributed by atoms with Gasteiger partial charge in [0.15, 0.2) is 0 Å². The van der Waals surface area contributed by atoms with Crippen LogP contribution in [0.2, 0.25) is 0 Å². The third-order valence-corrected chi connectivity index (χ3v) is 7.21. The number of carbonyl (C=O) groups excluding carboxylic acids is 4. The summed E-state index contributed by atoms with van der Waals surface area (Å²) in [6.45, 7) is 13.1. The van der Waals surface area contributed by atoms with Crippen LogP contribution >= 0.6 is 0 Å². The average Bonchev–Trinajstić information content (AvgIpc) is 2.61. The molecule has 0 heterocycles. The van der Waals surface area contributed by atoms with Crippen LogP contribution in [0, 0.1) is 21.7 Å². The molecule has 2 aliphatic carbocycles. The van der Waals surface area contributed by atoms with Gasteiger partial charge in [0.25, 0.3) is 0 Å². The molecule has 2 fully saturated rings. The summed E-state index contributed by atoms with van der Waals surface area (Å²) in [6.07, 6.45) is 11.1. The van der Waals surface area contributed by atoms with Gasteiger partial charge in [-0.2, -0.15) is 9.98 Å². The number of aliphatic imine (C=N–C) groups is 4. The van der Waals surface area contributed by atoms with Gasteiger partial charge in [-0.25, -0.2) is 29.2 Å². The van der Waals surface area contributed by atoms with E-state index in [1.54, 1.807) is 24.3 Å². The second-order valence-electron chi connectivity index (χ2n) is 12.9. The van der Waals surface area contributed by atoms with Crippen LogP contribution in [0.5, 0.6) is 0 Å². The maximum absolute atomic E-state index is 11.7. The van der Waals surface area contributed by atoms with E-state index in [4.69, 9.17) is 0 Å². The zero-order valence-corrected chi connectivity index (χ0v) is 20.8. The summed E-state index contributed by atoms with van der Waals surface area (Å²) in [6, 6.07) is 0. The Kier molecular flexibility index (Phi) is 7.63. The molecule has 0 saturated heterocycles. The van der Waals surface area contributed by atoms with E-state index in [2.05, 4.69) is 47.7 Å². The predicted octanol–water partition coefficient (Wildman–Crippen LogP) is 4.63. The summed E-state index contributed by atoms with van der Waals surface area (Å²) in [5.74, 6) is 0. The lowest BCUT2D eigenvalue weighted by Gasteiger charge is -2.56. The molecule has 4 atom stereocenters. The third-order valence-electron chi connectivity index (χ3n) is 7.21. The number of nitrogens with zero attached hydrogens (tertiary/aromatic N) is 4. The SMILES string of the molecule is CC1(C)CC(C)(CN=C=O)CC(CC2(N=C=O)CC(C)(C)CC(C)(CN=C=O)C2)(N=C=O)C1. The van der Waals surface area contributed by atoms with Crippen LogP contribution in [0.25, 0.3) is 0 Å². The highest BCUT2D eigenvalue weighted by molar-refractivity contribution is 5.38. The van der Waals surface area contributed by atoms with Crippen molar-refractivity contribution in [1.82, 2.24) is 0 Å². The van der Waals surface area contributed by atoms with Crippen LogP contribution < -0.4 is 0 Å². The molecule has 0 radical (unpaired) electrons. The van der Waals surface area contributed by atoms with Gasteiger partial charge >= 0.3 is 0 Å². The van der Waals surface area contributed by atoms with E-state index in [-0.39, 0.29) is 34.7 Å². The van der Waals surface area contributed by atoms with Gasteiger partial charge in [0.05, 0.1) is 24.2 Å². The molecule has 0 N–H and O–H groups in total. The van der Waals surface area contributed by atoms with Crippen LogP contribution in [0.15, 0.2) is 20.0 Å². The quantitative estimate of drug-likeness (QED) is 0.391. The Hall–Kier alpha value is -2.48. The molecule has 0 bridgehead atoms. The van der Waals surface area contributed by atoms with Crippen LogP contribution in [-0.2, 0) is 19.2 Å². The molecule has 2 rings (SSSR count). The van der Waals surface area contributed by atoms with Gasteiger partial charge in [0, 0.05) is 0 Å². The largest absolute Gasteiger partial charge is 0.235 e. The first-order chi connectivity index (χ1) is 15.2. The Balaban J connectivity index is 2.61. The van der Waals surface area contributed by atoms with E-state index >= 15 is 0 Å². The molecule has 0 aromatic heterocycles. The molecule has 0 spiro atoms. The molecule has 2 saturated carbocycles. The second-order valence-corrected chi connectivity index (χ2v) is 12.9. The van der Waals surface area contributed by atoms with Crippen molar-refractivity contribution in [3.05, 3.63) is 0 Å². The molecular formula is C25H36N4O4. The Morgan fingerprint density at radius 1 is 0.545 bits per heavy atom. The van der Waals surface area contributed by atoms with Crippen LogP contribution in [-0.4, -0.2) is 48.5 Å². The van der Waals surface area contributed by atoms with Crippen molar-refractivity contribution in [1.29, 1.82) is 0 Å². The highest BCUT2D eigenvalue weighted by Gasteiger charge is 2.57. The van der Waals surface area contributed by atoms with Gasteiger partial charge in [-0.05, 0) is 66.6 Å². The second kappa shape index (κ2) is 9.41. The van der Waals surface area contributed by atoms with Gasteiger partial charge < -0.3 is 0 Å². The summed E-state index contributed by atoms with van der Waals surface area (Å²) in [4.78, 5) is 61.5. The normalized spacial score (nSPS) is 36.8. The van der Waals surface area contributed by atoms with E-state index < -0.39 is 11.1 Å². The molecule has 4 unspecified atom stereocenters. The van der Waals surface area contributed by atoms with Crippen molar-refractivity contribution in [2.75, 3.05) is 13.1 Å². The zero-order chi connectivity index (χ0) is 25.0. The Bertz CT molecular complexity index is 875. The van der Waals surface area contributed by atoms with Gasteiger partial charge in [-0.15, -0.1) is 0 Å². The van der Waals surface area contributed by atoms with Gasteiger partial charge in [0.2, 0.25) is 24.3 Å². The van der Waals surface area contributed by atoms with Gasteiger partial charge in [-0.1, -0.05) is 41.5 Å². The maximum Gasteiger partial charge on any atom is 0.235 e. The Morgan fingerprint density at radius 2 is 0.909 bits per heavy atom. The monoisotopic (exact) mass is 456 g/mol. The van der Waals surface area contributed by atoms with Crippen molar-refractivity contribution in [2.24, 2.45) is 41.6 Å². The van der Waals surface area contributed by atoms with Crippen molar-refractivity contribution in [3.8, 4) is 0 Å². The fourth-order valence-electron chi connectivity index (χ4n) is 8.02. The Labute approximate surface area is 196 Å². The zero-order valence-electron chi connectivity index (χ0n) is 20.8. The molecule has 33 heavy (non-hydrogen) atoms. The van der Waals surface area contributed by atoms with Crippen molar-refractivity contribution < 1.29 is 19.2 Å². The minimum atomic E-state index is -0.820. The lowest BCUT2D eigenvalue weighted by atomic mass is 9.51. The molecule has 0 aromatic rings. The summed E-state index contributed by atoms with van der Waals surface area (Å²) in [5.41, 5.74) is -2.76. The van der Waals surface area contributed by atoms with Gasteiger partial charge in [0.1, 0.15) is 0 Å². The lowest BCUT2D eigenvalue weighted by molar-refractivity contribution is -0.00848. The molecular weight excluding hydrogens is 420 g/mol. The van der Waals surface area contributed by atoms with Crippen molar-refractivity contribution in [3.63, 3.8) is 0 Å². The molecule has 2 aliphatic rings. The van der Waals surface area contributed by atoms with Crippen LogP contribution in [0.1, 0.15) is 86.5 Å². The third kappa shape index (κ3) is 6.76. The van der Waals surface area contributed by atoms with E-state index in [0.717, 1.165) is 12.8 Å². The molecule has 8 heteroatoms. The summed E-state index contributed by atoms with van der Waals surface area (Å²) < 4.78 is 0. The summed E-state index contributed by atoms with van der Waals surface area (Å²) >= 11 is 0. The van der Waals surface area contributed by atoms with E-state index in [9.17, 15) is 19.2 Å². The standard InChI is InChI=1S/C25H36N4O4/c1-20(2)7-22(5,14-26-16-30)11-24(9-20,28-18-32)13-25(29-19-33)10-21(3,4)8-23(6,12-25)15-27-17-31/h7-15H2,1-6H3. The minimum absolute atomic E-state index is 0.187. The highest BCUT2D eigenvalue weighted by atomic mass is 16.1. The van der Waals surface area contributed by atoms with Crippen molar-refractivity contribution in [2.45, 2.75) is 97.6 Å². The number of rotatable bonds is 8. The lowest BCUT2D eigenvalue weighted by Crippen LogP contribution is -2.54. The number of isocyanates is 4. The average molecular weight is 457 g/mol. The van der Waals surface area contributed by atoms with Crippen LogP contribution in [0.4, 0.5) is 0 Å². The van der Waals surface area contributed by atoms with Crippen molar-refractivity contribution >= 4 is 24.3 Å². The molecule has 0 aliphatic heterocycles. The first kappa shape index (κ1) is 26.8. The fourth-order valence-corrected chi connectivity index (χ4v) is 8.02. The van der Waals surface area contributed by atoms with Gasteiger partial charge in [-0.3, -0.25) is 0 Å². The maximum atomic E-state index is 11.7. The smallest absolute Gasteiger partial charge is 0.211 e. The van der Waals surface area contributed by atoms with E-state index in [0.29, 0.717) is 32.1 Å². The minimum Gasteiger partial charge on any atom is -0.211 e. The number of hydrogen-bond acceptors (Lipinski definition) is 8. The molecule has 180 valence electrons. The first-order valence-electron chi connectivity index (χ1n) is 11.4. The highest BCUT2D eigenvalue weighted by Crippen LogP contribution is 2.59. The predicted molar refractivity (Wildman–Crippen MR) is 124 cm³/mol. The number of hydrogen-bond donors (Lipinski definition) is 0. The molecule has 0 aromatic carbocycles. The van der Waals surface area contributed by atoms with E-state index in [1.165, 1.54) is 0 Å². The van der Waals surface area contributed by atoms with E-state index in [1.807, 2.05) is 13.8 Å².